The van der Waals surface area contributed by atoms with E-state index in [1.807, 2.05) is 19.1 Å². The topological polar surface area (TPSA) is 32.7 Å². The van der Waals surface area contributed by atoms with Gasteiger partial charge in [0.1, 0.15) is 5.75 Å². The fourth-order valence-electron chi connectivity index (χ4n) is 2.18. The summed E-state index contributed by atoms with van der Waals surface area (Å²) in [5, 5.41) is 9.85. The summed E-state index contributed by atoms with van der Waals surface area (Å²) in [4.78, 5) is 2.31. The molecule has 108 valence electrons. The number of aliphatic hydroxyl groups is 1. The molecule has 0 unspecified atom stereocenters. The van der Waals surface area contributed by atoms with Crippen molar-refractivity contribution in [3.8, 4) is 5.75 Å². The highest BCUT2D eigenvalue weighted by molar-refractivity contribution is 5.28. The van der Waals surface area contributed by atoms with Gasteiger partial charge in [-0.15, -0.1) is 0 Å². The fraction of sp³-hybridized carbons (Fsp3) is 0.625. The molecule has 1 aromatic rings. The van der Waals surface area contributed by atoms with Gasteiger partial charge in [-0.25, -0.2) is 0 Å². The third kappa shape index (κ3) is 6.08. The van der Waals surface area contributed by atoms with Crippen molar-refractivity contribution in [1.82, 2.24) is 4.90 Å². The van der Waals surface area contributed by atoms with Crippen LogP contribution in [0.3, 0.4) is 0 Å². The van der Waals surface area contributed by atoms with E-state index >= 15 is 0 Å². The quantitative estimate of drug-likeness (QED) is 0.784. The molecule has 0 aliphatic carbocycles. The van der Waals surface area contributed by atoms with Crippen molar-refractivity contribution in [2.75, 3.05) is 20.2 Å². The largest absolute Gasteiger partial charge is 0.497 e. The molecule has 1 N–H and O–H groups in total. The summed E-state index contributed by atoms with van der Waals surface area (Å²) in [7, 11) is 1.69. The number of hydrogen-bond donors (Lipinski definition) is 1. The Bertz CT molecular complexity index is 366. The van der Waals surface area contributed by atoms with Gasteiger partial charge in [0.05, 0.1) is 13.2 Å². The highest BCUT2D eigenvalue weighted by Gasteiger charge is 2.12. The van der Waals surface area contributed by atoms with E-state index in [1.165, 1.54) is 5.56 Å². The lowest BCUT2D eigenvalue weighted by Gasteiger charge is -2.26. The minimum atomic E-state index is -0.246. The van der Waals surface area contributed by atoms with Crippen molar-refractivity contribution < 1.29 is 9.84 Å². The molecule has 0 spiro atoms. The molecular formula is C16H27NO2. The maximum absolute atomic E-state index is 9.85. The summed E-state index contributed by atoms with van der Waals surface area (Å²) in [6, 6.07) is 8.13. The summed E-state index contributed by atoms with van der Waals surface area (Å²) >= 11 is 0. The Morgan fingerprint density at radius 3 is 2.58 bits per heavy atom. The van der Waals surface area contributed by atoms with Gasteiger partial charge in [-0.05, 0) is 30.0 Å². The Morgan fingerprint density at radius 2 is 2.00 bits per heavy atom. The Balaban J connectivity index is 2.69. The molecule has 0 saturated heterocycles. The van der Waals surface area contributed by atoms with E-state index in [2.05, 4.69) is 30.9 Å². The van der Waals surface area contributed by atoms with E-state index in [0.29, 0.717) is 5.92 Å². The third-order valence-electron chi connectivity index (χ3n) is 3.10. The van der Waals surface area contributed by atoms with Crippen LogP contribution in [-0.2, 0) is 6.54 Å². The SMILES string of the molecule is CC[C@@H](O)CN(Cc1cccc(OC)c1)CC(C)C. The van der Waals surface area contributed by atoms with Crippen LogP contribution in [0.15, 0.2) is 24.3 Å². The summed E-state index contributed by atoms with van der Waals surface area (Å²) in [5.74, 6) is 1.48. The zero-order chi connectivity index (χ0) is 14.3. The number of rotatable bonds is 8. The van der Waals surface area contributed by atoms with Gasteiger partial charge in [-0.2, -0.15) is 0 Å². The molecule has 0 aliphatic heterocycles. The van der Waals surface area contributed by atoms with Crippen molar-refractivity contribution in [2.24, 2.45) is 5.92 Å². The van der Waals surface area contributed by atoms with Crippen LogP contribution in [0, 0.1) is 5.92 Å². The van der Waals surface area contributed by atoms with Crippen LogP contribution >= 0.6 is 0 Å². The van der Waals surface area contributed by atoms with E-state index < -0.39 is 0 Å². The number of nitrogens with zero attached hydrogens (tertiary/aromatic N) is 1. The van der Waals surface area contributed by atoms with Crippen LogP contribution in [0.5, 0.6) is 5.75 Å². The van der Waals surface area contributed by atoms with E-state index in [0.717, 1.165) is 31.8 Å². The molecule has 3 nitrogen and oxygen atoms in total. The normalized spacial score (nSPS) is 13.0. The number of benzene rings is 1. The van der Waals surface area contributed by atoms with E-state index in [-0.39, 0.29) is 6.10 Å². The molecule has 0 fully saturated rings. The molecule has 0 heterocycles. The minimum absolute atomic E-state index is 0.246. The average molecular weight is 265 g/mol. The van der Waals surface area contributed by atoms with Gasteiger partial charge in [0.15, 0.2) is 0 Å². The Kier molecular flexibility index (Phi) is 6.89. The fourth-order valence-corrected chi connectivity index (χ4v) is 2.18. The predicted molar refractivity (Wildman–Crippen MR) is 79.4 cm³/mol. The standard InChI is InChI=1S/C16H27NO2/c1-5-15(18)12-17(10-13(2)3)11-14-7-6-8-16(9-14)19-4/h6-9,13,15,18H,5,10-12H2,1-4H3/t15-/m1/s1. The van der Waals surface area contributed by atoms with E-state index in [9.17, 15) is 5.11 Å². The Labute approximate surface area is 117 Å². The monoisotopic (exact) mass is 265 g/mol. The van der Waals surface area contributed by atoms with Crippen LogP contribution < -0.4 is 4.74 Å². The first-order chi connectivity index (χ1) is 9.05. The van der Waals surface area contributed by atoms with Gasteiger partial charge >= 0.3 is 0 Å². The molecule has 0 aromatic heterocycles. The zero-order valence-corrected chi connectivity index (χ0v) is 12.6. The summed E-state index contributed by atoms with van der Waals surface area (Å²) in [6.45, 7) is 9.00. The highest BCUT2D eigenvalue weighted by Crippen LogP contribution is 2.15. The number of hydrogen-bond acceptors (Lipinski definition) is 3. The zero-order valence-electron chi connectivity index (χ0n) is 12.6. The van der Waals surface area contributed by atoms with Crippen molar-refractivity contribution in [3.63, 3.8) is 0 Å². The van der Waals surface area contributed by atoms with Crippen LogP contribution in [0.4, 0.5) is 0 Å². The number of aliphatic hydroxyl groups excluding tert-OH is 1. The lowest BCUT2D eigenvalue weighted by atomic mass is 10.1. The molecule has 0 aliphatic rings. The predicted octanol–water partition coefficient (Wildman–Crippen LogP) is 2.92. The van der Waals surface area contributed by atoms with E-state index in [1.54, 1.807) is 7.11 Å². The third-order valence-corrected chi connectivity index (χ3v) is 3.10. The molecule has 19 heavy (non-hydrogen) atoms. The average Bonchev–Trinajstić information content (AvgIpc) is 2.38. The van der Waals surface area contributed by atoms with Gasteiger partial charge in [0.2, 0.25) is 0 Å². The smallest absolute Gasteiger partial charge is 0.119 e. The molecule has 0 saturated carbocycles. The lowest BCUT2D eigenvalue weighted by molar-refractivity contribution is 0.0985. The summed E-state index contributed by atoms with van der Waals surface area (Å²) in [5.41, 5.74) is 1.23. The summed E-state index contributed by atoms with van der Waals surface area (Å²) < 4.78 is 5.25. The first-order valence-electron chi connectivity index (χ1n) is 7.08. The maximum atomic E-state index is 9.85. The van der Waals surface area contributed by atoms with Crippen molar-refractivity contribution in [2.45, 2.75) is 39.8 Å². The van der Waals surface area contributed by atoms with Crippen molar-refractivity contribution in [3.05, 3.63) is 29.8 Å². The molecular weight excluding hydrogens is 238 g/mol. The number of ether oxygens (including phenoxy) is 1. The first-order valence-corrected chi connectivity index (χ1v) is 7.08. The second-order valence-electron chi connectivity index (χ2n) is 5.50. The van der Waals surface area contributed by atoms with Gasteiger partial charge in [0, 0.05) is 19.6 Å². The summed E-state index contributed by atoms with van der Waals surface area (Å²) in [6.07, 6.45) is 0.552. The number of methoxy groups -OCH3 is 1. The van der Waals surface area contributed by atoms with Crippen LogP contribution in [-0.4, -0.2) is 36.3 Å². The van der Waals surface area contributed by atoms with Gasteiger partial charge in [-0.3, -0.25) is 4.90 Å². The molecule has 0 radical (unpaired) electrons. The second kappa shape index (κ2) is 8.18. The molecule has 1 atom stereocenters. The molecule has 0 bridgehead atoms. The van der Waals surface area contributed by atoms with Crippen LogP contribution in [0.2, 0.25) is 0 Å². The van der Waals surface area contributed by atoms with Crippen molar-refractivity contribution in [1.29, 1.82) is 0 Å². The lowest BCUT2D eigenvalue weighted by Crippen LogP contribution is -2.34. The van der Waals surface area contributed by atoms with Gasteiger partial charge in [0.25, 0.3) is 0 Å². The highest BCUT2D eigenvalue weighted by atomic mass is 16.5. The molecule has 0 amide bonds. The van der Waals surface area contributed by atoms with Crippen LogP contribution in [0.1, 0.15) is 32.8 Å². The Hall–Kier alpha value is -1.06. The molecule has 1 rings (SSSR count). The van der Waals surface area contributed by atoms with Crippen molar-refractivity contribution >= 4 is 0 Å². The minimum Gasteiger partial charge on any atom is -0.497 e. The molecule has 1 aromatic carbocycles. The van der Waals surface area contributed by atoms with Gasteiger partial charge in [-0.1, -0.05) is 32.9 Å². The molecule has 3 heteroatoms. The van der Waals surface area contributed by atoms with Gasteiger partial charge < -0.3 is 9.84 Å². The Morgan fingerprint density at radius 1 is 1.26 bits per heavy atom. The van der Waals surface area contributed by atoms with Crippen LogP contribution in [0.25, 0.3) is 0 Å². The first kappa shape index (κ1) is 16.0. The second-order valence-corrected chi connectivity index (χ2v) is 5.50. The maximum Gasteiger partial charge on any atom is 0.119 e. The van der Waals surface area contributed by atoms with E-state index in [4.69, 9.17) is 4.74 Å².